The zero-order valence-electron chi connectivity index (χ0n) is 11.6. The van der Waals surface area contributed by atoms with Gasteiger partial charge in [0.15, 0.2) is 0 Å². The lowest BCUT2D eigenvalue weighted by Crippen LogP contribution is -2.29. The van der Waals surface area contributed by atoms with E-state index in [1.54, 1.807) is 12.0 Å². The van der Waals surface area contributed by atoms with Gasteiger partial charge in [0, 0.05) is 20.3 Å². The first-order valence-electron chi connectivity index (χ1n) is 6.43. The number of benzene rings is 1. The van der Waals surface area contributed by atoms with E-state index in [0.717, 1.165) is 12.0 Å². The molecule has 1 aliphatic rings. The van der Waals surface area contributed by atoms with Crippen LogP contribution in [-0.2, 0) is 9.53 Å². The van der Waals surface area contributed by atoms with Crippen LogP contribution in [0.2, 0.25) is 0 Å². The van der Waals surface area contributed by atoms with Gasteiger partial charge in [-0.15, -0.1) is 0 Å². The van der Waals surface area contributed by atoms with Crippen LogP contribution in [0.25, 0.3) is 6.08 Å². The van der Waals surface area contributed by atoms with Gasteiger partial charge in [-0.1, -0.05) is 53.8 Å². The number of amides is 1. The Morgan fingerprint density at radius 3 is 2.70 bits per heavy atom. The van der Waals surface area contributed by atoms with Crippen molar-refractivity contribution in [2.75, 3.05) is 20.3 Å². The Morgan fingerprint density at radius 2 is 2.05 bits per heavy atom. The predicted octanol–water partition coefficient (Wildman–Crippen LogP) is 3.23. The number of carbonyl (C=O) groups is 1. The lowest BCUT2D eigenvalue weighted by molar-refractivity contribution is -0.122. The highest BCUT2D eigenvalue weighted by Crippen LogP contribution is 2.32. The highest BCUT2D eigenvalue weighted by molar-refractivity contribution is 8.26. The van der Waals surface area contributed by atoms with Crippen molar-refractivity contribution in [3.8, 4) is 0 Å². The maximum atomic E-state index is 12.3. The van der Waals surface area contributed by atoms with Gasteiger partial charge in [-0.25, -0.2) is 0 Å². The molecule has 1 saturated heterocycles. The second-order valence-electron chi connectivity index (χ2n) is 4.59. The molecule has 1 amide bonds. The predicted molar refractivity (Wildman–Crippen MR) is 87.6 cm³/mol. The molecule has 0 unspecified atom stereocenters. The standard InChI is InChI=1S/C15H17NO2S2/c1-11-4-6-12(7-5-11)10-13-14(17)16(15(19)20-13)8-3-9-18-2/h4-7,10H,3,8-9H2,1-2H3/b13-10+. The molecule has 0 N–H and O–H groups in total. The smallest absolute Gasteiger partial charge is 0.266 e. The number of ether oxygens (including phenoxy) is 1. The number of hydrogen-bond donors (Lipinski definition) is 0. The van der Waals surface area contributed by atoms with Crippen LogP contribution < -0.4 is 0 Å². The Hall–Kier alpha value is -1.17. The van der Waals surface area contributed by atoms with Gasteiger partial charge in [-0.3, -0.25) is 9.69 Å². The minimum Gasteiger partial charge on any atom is -0.385 e. The van der Waals surface area contributed by atoms with Crippen molar-refractivity contribution in [1.82, 2.24) is 4.90 Å². The summed E-state index contributed by atoms with van der Waals surface area (Å²) in [6, 6.07) is 8.08. The van der Waals surface area contributed by atoms with Crippen LogP contribution in [-0.4, -0.2) is 35.4 Å². The molecule has 0 radical (unpaired) electrons. The molecule has 0 spiro atoms. The second kappa shape index (κ2) is 7.02. The topological polar surface area (TPSA) is 29.5 Å². The molecular weight excluding hydrogens is 290 g/mol. The molecule has 1 aromatic rings. The van der Waals surface area contributed by atoms with Crippen molar-refractivity contribution in [1.29, 1.82) is 0 Å². The van der Waals surface area contributed by atoms with Crippen LogP contribution in [0.1, 0.15) is 17.5 Å². The third-order valence-corrected chi connectivity index (χ3v) is 4.36. The van der Waals surface area contributed by atoms with Crippen molar-refractivity contribution in [2.24, 2.45) is 0 Å². The van der Waals surface area contributed by atoms with Gasteiger partial charge in [-0.2, -0.15) is 0 Å². The number of rotatable bonds is 5. The Labute approximate surface area is 129 Å². The number of nitrogens with zero attached hydrogens (tertiary/aromatic N) is 1. The number of carbonyl (C=O) groups excluding carboxylic acids is 1. The molecule has 20 heavy (non-hydrogen) atoms. The number of hydrogen-bond acceptors (Lipinski definition) is 4. The third-order valence-electron chi connectivity index (χ3n) is 2.98. The van der Waals surface area contributed by atoms with Gasteiger partial charge in [0.2, 0.25) is 0 Å². The first kappa shape index (κ1) is 15.2. The third kappa shape index (κ3) is 3.69. The van der Waals surface area contributed by atoms with Crippen molar-refractivity contribution in [3.63, 3.8) is 0 Å². The summed E-state index contributed by atoms with van der Waals surface area (Å²) in [5.74, 6) is -0.00308. The van der Waals surface area contributed by atoms with Gasteiger partial charge in [-0.05, 0) is 25.0 Å². The van der Waals surface area contributed by atoms with Crippen molar-refractivity contribution in [3.05, 3.63) is 40.3 Å². The summed E-state index contributed by atoms with van der Waals surface area (Å²) < 4.78 is 5.63. The Bertz CT molecular complexity index is 537. The van der Waals surface area contributed by atoms with Gasteiger partial charge in [0.25, 0.3) is 5.91 Å². The molecule has 1 heterocycles. The summed E-state index contributed by atoms with van der Waals surface area (Å²) in [4.78, 5) is 14.6. The zero-order valence-corrected chi connectivity index (χ0v) is 13.2. The van der Waals surface area contributed by atoms with E-state index in [9.17, 15) is 4.79 Å². The number of methoxy groups -OCH3 is 1. The van der Waals surface area contributed by atoms with Gasteiger partial charge < -0.3 is 4.74 Å². The van der Waals surface area contributed by atoms with Gasteiger partial charge in [0.05, 0.1) is 4.91 Å². The molecule has 0 bridgehead atoms. The monoisotopic (exact) mass is 307 g/mol. The highest BCUT2D eigenvalue weighted by atomic mass is 32.2. The average Bonchev–Trinajstić information content (AvgIpc) is 2.69. The number of aryl methyl sites for hydroxylation is 1. The highest BCUT2D eigenvalue weighted by Gasteiger charge is 2.31. The zero-order chi connectivity index (χ0) is 14.5. The average molecular weight is 307 g/mol. The summed E-state index contributed by atoms with van der Waals surface area (Å²) in [7, 11) is 1.65. The Morgan fingerprint density at radius 1 is 1.35 bits per heavy atom. The molecular formula is C15H17NO2S2. The molecule has 1 aliphatic heterocycles. The molecule has 3 nitrogen and oxygen atoms in total. The van der Waals surface area contributed by atoms with E-state index in [4.69, 9.17) is 17.0 Å². The van der Waals surface area contributed by atoms with Crippen molar-refractivity contribution in [2.45, 2.75) is 13.3 Å². The van der Waals surface area contributed by atoms with Crippen LogP contribution in [0.4, 0.5) is 0 Å². The van der Waals surface area contributed by atoms with E-state index >= 15 is 0 Å². The molecule has 1 aromatic carbocycles. The second-order valence-corrected chi connectivity index (χ2v) is 6.27. The SMILES string of the molecule is COCCCN1C(=O)/C(=C\c2ccc(C)cc2)SC1=S. The van der Waals surface area contributed by atoms with E-state index in [-0.39, 0.29) is 5.91 Å². The van der Waals surface area contributed by atoms with E-state index in [0.29, 0.717) is 22.4 Å². The lowest BCUT2D eigenvalue weighted by Gasteiger charge is -2.13. The molecule has 0 atom stereocenters. The number of thioether (sulfide) groups is 1. The van der Waals surface area contributed by atoms with Crippen molar-refractivity contribution < 1.29 is 9.53 Å². The first-order valence-corrected chi connectivity index (χ1v) is 7.65. The normalized spacial score (nSPS) is 17.3. The van der Waals surface area contributed by atoms with E-state index in [1.165, 1.54) is 17.3 Å². The number of thiocarbonyl (C=S) groups is 1. The molecule has 0 aliphatic carbocycles. The van der Waals surface area contributed by atoms with E-state index < -0.39 is 0 Å². The summed E-state index contributed by atoms with van der Waals surface area (Å²) >= 11 is 6.63. The van der Waals surface area contributed by atoms with Crippen LogP contribution in [0, 0.1) is 6.92 Å². The fourth-order valence-corrected chi connectivity index (χ4v) is 3.18. The summed E-state index contributed by atoms with van der Waals surface area (Å²) in [6.45, 7) is 3.29. The molecule has 2 rings (SSSR count). The minimum absolute atomic E-state index is 0.00308. The molecule has 0 aromatic heterocycles. The molecule has 1 fully saturated rings. The fourth-order valence-electron chi connectivity index (χ4n) is 1.87. The van der Waals surface area contributed by atoms with Crippen LogP contribution in [0.15, 0.2) is 29.2 Å². The molecule has 0 saturated carbocycles. The summed E-state index contributed by atoms with van der Waals surface area (Å²) in [6.07, 6.45) is 2.69. The first-order chi connectivity index (χ1) is 9.61. The Balaban J connectivity index is 2.09. The fraction of sp³-hybridized carbons (Fsp3) is 0.333. The van der Waals surface area contributed by atoms with Crippen molar-refractivity contribution >= 4 is 40.3 Å². The maximum absolute atomic E-state index is 12.3. The van der Waals surface area contributed by atoms with E-state index in [1.807, 2.05) is 37.3 Å². The maximum Gasteiger partial charge on any atom is 0.266 e. The van der Waals surface area contributed by atoms with Crippen LogP contribution in [0.5, 0.6) is 0 Å². The van der Waals surface area contributed by atoms with E-state index in [2.05, 4.69) is 0 Å². The minimum atomic E-state index is -0.00308. The lowest BCUT2D eigenvalue weighted by atomic mass is 10.1. The largest absolute Gasteiger partial charge is 0.385 e. The molecule has 5 heteroatoms. The van der Waals surface area contributed by atoms with Gasteiger partial charge in [0.1, 0.15) is 4.32 Å². The van der Waals surface area contributed by atoms with Gasteiger partial charge >= 0.3 is 0 Å². The Kier molecular flexibility index (Phi) is 5.34. The van der Waals surface area contributed by atoms with Crippen LogP contribution >= 0.6 is 24.0 Å². The quantitative estimate of drug-likeness (QED) is 0.474. The summed E-state index contributed by atoms with van der Waals surface area (Å²) in [5.41, 5.74) is 2.22. The molecule has 106 valence electrons. The van der Waals surface area contributed by atoms with Crippen LogP contribution in [0.3, 0.4) is 0 Å². The summed E-state index contributed by atoms with van der Waals surface area (Å²) in [5, 5.41) is 0.